The van der Waals surface area contributed by atoms with E-state index < -0.39 is 16.2 Å². The molecule has 3 rings (SSSR count). The topological polar surface area (TPSA) is 129 Å². The summed E-state index contributed by atoms with van der Waals surface area (Å²) >= 11 is 5.77. The van der Waals surface area contributed by atoms with E-state index >= 15 is 0 Å². The van der Waals surface area contributed by atoms with Crippen LogP contribution in [-0.4, -0.2) is 29.8 Å². The third-order valence-electron chi connectivity index (χ3n) is 4.02. The molecule has 0 unspecified atom stereocenters. The maximum absolute atomic E-state index is 12.3. The molecule has 2 aromatic heterocycles. The Kier molecular flexibility index (Phi) is 4.54. The lowest BCUT2D eigenvalue weighted by Gasteiger charge is -2.03. The zero-order valence-electron chi connectivity index (χ0n) is 14.5. The van der Waals surface area contributed by atoms with Gasteiger partial charge in [0.15, 0.2) is 11.2 Å². The van der Waals surface area contributed by atoms with Crippen LogP contribution in [0.2, 0.25) is 5.02 Å². The number of aryl methyl sites for hydroxylation is 2. The first kappa shape index (κ1) is 18.3. The predicted octanol–water partition coefficient (Wildman–Crippen LogP) is 0.978. The van der Waals surface area contributed by atoms with Gasteiger partial charge in [0.2, 0.25) is 5.95 Å². The van der Waals surface area contributed by atoms with Crippen molar-refractivity contribution in [1.29, 1.82) is 0 Å². The standard InChI is InChI=1S/C15H14ClN7O4/c1-20-11-12(21(2)15(25)22(3)13(11)24)18-14(20)19-17-7-8-4-5-9(16)10(6-8)23(26)27/h4-7H,1-3H3,(H,18,19)/b17-7-. The van der Waals surface area contributed by atoms with Gasteiger partial charge in [-0.1, -0.05) is 17.7 Å². The molecule has 11 nitrogen and oxygen atoms in total. The first-order valence-electron chi connectivity index (χ1n) is 7.57. The van der Waals surface area contributed by atoms with E-state index in [1.807, 2.05) is 0 Å². The van der Waals surface area contributed by atoms with E-state index in [9.17, 15) is 19.7 Å². The number of rotatable bonds is 4. The van der Waals surface area contributed by atoms with Crippen molar-refractivity contribution in [3.05, 3.63) is 59.7 Å². The summed E-state index contributed by atoms with van der Waals surface area (Å²) in [5.41, 5.74) is 2.35. The second-order valence-corrected chi connectivity index (χ2v) is 6.12. The summed E-state index contributed by atoms with van der Waals surface area (Å²) in [4.78, 5) is 38.9. The fourth-order valence-electron chi connectivity index (χ4n) is 2.53. The van der Waals surface area contributed by atoms with Crippen molar-refractivity contribution < 1.29 is 4.92 Å². The largest absolute Gasteiger partial charge is 0.332 e. The summed E-state index contributed by atoms with van der Waals surface area (Å²) in [6, 6.07) is 4.24. The molecule has 0 saturated heterocycles. The van der Waals surface area contributed by atoms with Gasteiger partial charge in [-0.3, -0.25) is 24.0 Å². The highest BCUT2D eigenvalue weighted by Gasteiger charge is 2.16. The fourth-order valence-corrected chi connectivity index (χ4v) is 2.72. The minimum atomic E-state index is -0.588. The van der Waals surface area contributed by atoms with Gasteiger partial charge in [-0.05, 0) is 6.07 Å². The molecule has 0 atom stereocenters. The first-order valence-corrected chi connectivity index (χ1v) is 7.95. The van der Waals surface area contributed by atoms with Gasteiger partial charge in [-0.15, -0.1) is 0 Å². The van der Waals surface area contributed by atoms with Crippen LogP contribution in [0, 0.1) is 10.1 Å². The summed E-state index contributed by atoms with van der Waals surface area (Å²) in [5, 5.41) is 14.9. The molecule has 140 valence electrons. The van der Waals surface area contributed by atoms with Crippen LogP contribution in [0.25, 0.3) is 11.2 Å². The fraction of sp³-hybridized carbons (Fsp3) is 0.200. The maximum Gasteiger partial charge on any atom is 0.332 e. The minimum Gasteiger partial charge on any atom is -0.306 e. The number of nitrogens with zero attached hydrogens (tertiary/aromatic N) is 6. The molecule has 0 fully saturated rings. The van der Waals surface area contributed by atoms with Crippen LogP contribution in [-0.2, 0) is 21.1 Å². The molecule has 0 aliphatic carbocycles. The van der Waals surface area contributed by atoms with Crippen molar-refractivity contribution in [1.82, 2.24) is 18.7 Å². The smallest absolute Gasteiger partial charge is 0.306 e. The lowest BCUT2D eigenvalue weighted by molar-refractivity contribution is -0.384. The average molecular weight is 392 g/mol. The van der Waals surface area contributed by atoms with Crippen molar-refractivity contribution in [2.45, 2.75) is 0 Å². The van der Waals surface area contributed by atoms with E-state index in [0.717, 1.165) is 4.57 Å². The summed E-state index contributed by atoms with van der Waals surface area (Å²) in [5.74, 6) is 0.225. The third kappa shape index (κ3) is 3.08. The number of nitro groups is 1. The van der Waals surface area contributed by atoms with Crippen molar-refractivity contribution >= 4 is 40.6 Å². The molecule has 0 radical (unpaired) electrons. The van der Waals surface area contributed by atoms with E-state index in [-0.39, 0.29) is 27.8 Å². The molecule has 0 aliphatic heterocycles. The number of halogens is 1. The number of anilines is 1. The molecule has 0 bridgehead atoms. The number of benzene rings is 1. The van der Waals surface area contributed by atoms with Crippen LogP contribution in [0.5, 0.6) is 0 Å². The number of hydrogen-bond donors (Lipinski definition) is 1. The highest BCUT2D eigenvalue weighted by atomic mass is 35.5. The molecule has 0 amide bonds. The number of hydrogen-bond acceptors (Lipinski definition) is 7. The van der Waals surface area contributed by atoms with Gasteiger partial charge in [0.05, 0.1) is 11.1 Å². The number of nitrogens with one attached hydrogen (secondary N) is 1. The van der Waals surface area contributed by atoms with Crippen LogP contribution in [0.1, 0.15) is 5.56 Å². The molecular formula is C15H14ClN7O4. The van der Waals surface area contributed by atoms with Crippen molar-refractivity contribution in [3.63, 3.8) is 0 Å². The molecule has 12 heteroatoms. The first-order chi connectivity index (χ1) is 12.7. The summed E-state index contributed by atoms with van der Waals surface area (Å²) in [6.07, 6.45) is 1.35. The van der Waals surface area contributed by atoms with Crippen LogP contribution in [0.4, 0.5) is 11.6 Å². The van der Waals surface area contributed by atoms with Crippen LogP contribution >= 0.6 is 11.6 Å². The van der Waals surface area contributed by atoms with E-state index in [4.69, 9.17) is 11.6 Å². The Hall–Kier alpha value is -3.47. The second kappa shape index (κ2) is 6.68. The Balaban J connectivity index is 1.97. The summed E-state index contributed by atoms with van der Waals surface area (Å²) in [7, 11) is 4.50. The zero-order valence-corrected chi connectivity index (χ0v) is 15.3. The normalized spacial score (nSPS) is 11.4. The highest BCUT2D eigenvalue weighted by Crippen LogP contribution is 2.24. The van der Waals surface area contributed by atoms with E-state index in [1.165, 1.54) is 41.6 Å². The van der Waals surface area contributed by atoms with Crippen LogP contribution < -0.4 is 16.7 Å². The molecule has 2 heterocycles. The van der Waals surface area contributed by atoms with Gasteiger partial charge in [-0.25, -0.2) is 10.2 Å². The SMILES string of the molecule is Cn1c(=O)c2c(nc(N/N=C\c3ccc(Cl)c([N+](=O)[O-])c3)n2C)n(C)c1=O. The number of nitro benzene ring substituents is 1. The van der Waals surface area contributed by atoms with Gasteiger partial charge in [-0.2, -0.15) is 10.1 Å². The molecule has 0 saturated carbocycles. The summed E-state index contributed by atoms with van der Waals surface area (Å²) in [6.45, 7) is 0. The van der Waals surface area contributed by atoms with Crippen molar-refractivity contribution in [3.8, 4) is 0 Å². The molecular weight excluding hydrogens is 378 g/mol. The van der Waals surface area contributed by atoms with Gasteiger partial charge in [0.1, 0.15) is 5.02 Å². The van der Waals surface area contributed by atoms with Crippen molar-refractivity contribution in [2.24, 2.45) is 26.2 Å². The Labute approximate surface area is 156 Å². The third-order valence-corrected chi connectivity index (χ3v) is 4.34. The zero-order chi connectivity index (χ0) is 19.9. The van der Waals surface area contributed by atoms with Gasteiger partial charge in [0.25, 0.3) is 11.2 Å². The predicted molar refractivity (Wildman–Crippen MR) is 101 cm³/mol. The van der Waals surface area contributed by atoms with Crippen LogP contribution in [0.3, 0.4) is 0 Å². The average Bonchev–Trinajstić information content (AvgIpc) is 2.96. The quantitative estimate of drug-likeness (QED) is 0.401. The van der Waals surface area contributed by atoms with E-state index in [0.29, 0.717) is 5.56 Å². The van der Waals surface area contributed by atoms with E-state index in [1.54, 1.807) is 13.1 Å². The van der Waals surface area contributed by atoms with Gasteiger partial charge >= 0.3 is 5.69 Å². The molecule has 0 spiro atoms. The highest BCUT2D eigenvalue weighted by molar-refractivity contribution is 6.32. The maximum atomic E-state index is 12.3. The number of imidazole rings is 1. The number of fused-ring (bicyclic) bond motifs is 1. The Morgan fingerprint density at radius 3 is 2.59 bits per heavy atom. The van der Waals surface area contributed by atoms with Crippen molar-refractivity contribution in [2.75, 3.05) is 5.43 Å². The molecule has 1 aromatic carbocycles. The lowest BCUT2D eigenvalue weighted by atomic mass is 10.2. The molecule has 0 aliphatic rings. The molecule has 1 N–H and O–H groups in total. The number of hydrazone groups is 1. The Bertz CT molecular complexity index is 1220. The van der Waals surface area contributed by atoms with Crippen LogP contribution in [0.15, 0.2) is 32.9 Å². The molecule has 3 aromatic rings. The van der Waals surface area contributed by atoms with Gasteiger partial charge in [0, 0.05) is 32.8 Å². The molecule has 27 heavy (non-hydrogen) atoms. The second-order valence-electron chi connectivity index (χ2n) is 5.71. The Morgan fingerprint density at radius 2 is 1.93 bits per heavy atom. The lowest BCUT2D eigenvalue weighted by Crippen LogP contribution is -2.37. The monoisotopic (exact) mass is 391 g/mol. The minimum absolute atomic E-state index is 0.0252. The van der Waals surface area contributed by atoms with E-state index in [2.05, 4.69) is 15.5 Å². The number of aromatic nitrogens is 4. The summed E-state index contributed by atoms with van der Waals surface area (Å²) < 4.78 is 3.72. The Morgan fingerprint density at radius 1 is 1.22 bits per heavy atom. The van der Waals surface area contributed by atoms with Gasteiger partial charge < -0.3 is 4.57 Å².